The van der Waals surface area contributed by atoms with Gasteiger partial charge in [-0.25, -0.2) is 14.4 Å². The van der Waals surface area contributed by atoms with E-state index in [-0.39, 0.29) is 23.0 Å². The van der Waals surface area contributed by atoms with Crippen LogP contribution in [0.25, 0.3) is 21.9 Å². The first-order chi connectivity index (χ1) is 15.0. The number of nitrogens with one attached hydrogen (secondary N) is 1. The van der Waals surface area contributed by atoms with Crippen LogP contribution >= 0.6 is 0 Å². The maximum Gasteiger partial charge on any atom is 0.347 e. The van der Waals surface area contributed by atoms with Crippen molar-refractivity contribution in [1.82, 2.24) is 5.32 Å². The van der Waals surface area contributed by atoms with Crippen molar-refractivity contribution in [1.29, 1.82) is 0 Å². The predicted molar refractivity (Wildman–Crippen MR) is 112 cm³/mol. The van der Waals surface area contributed by atoms with E-state index in [4.69, 9.17) is 13.6 Å². The van der Waals surface area contributed by atoms with Crippen LogP contribution in [-0.4, -0.2) is 25.0 Å². The molecule has 2 heterocycles. The molecule has 0 unspecified atom stereocenters. The number of benzene rings is 2. The van der Waals surface area contributed by atoms with Gasteiger partial charge in [-0.2, -0.15) is 0 Å². The second-order valence-electron chi connectivity index (χ2n) is 6.81. The molecule has 0 bridgehead atoms. The van der Waals surface area contributed by atoms with Crippen molar-refractivity contribution in [2.45, 2.75) is 12.5 Å². The number of fused-ring (bicyclic) bond motifs is 3. The lowest BCUT2D eigenvalue weighted by Crippen LogP contribution is -2.43. The number of esters is 1. The summed E-state index contributed by atoms with van der Waals surface area (Å²) >= 11 is 0. The van der Waals surface area contributed by atoms with E-state index in [9.17, 15) is 19.2 Å². The summed E-state index contributed by atoms with van der Waals surface area (Å²) in [6, 6.07) is 15.1. The van der Waals surface area contributed by atoms with Crippen molar-refractivity contribution < 1.29 is 23.2 Å². The minimum absolute atomic E-state index is 0.0267. The minimum Gasteiger partial charge on any atom is -0.467 e. The summed E-state index contributed by atoms with van der Waals surface area (Å²) in [6.07, 6.45) is -0.226. The number of hydrogen-bond donors (Lipinski definition) is 1. The number of para-hydroxylation sites is 1. The molecule has 156 valence electrons. The van der Waals surface area contributed by atoms with E-state index in [0.717, 1.165) is 0 Å². The Balaban J connectivity index is 1.73. The zero-order valence-corrected chi connectivity index (χ0v) is 16.4. The molecule has 31 heavy (non-hydrogen) atoms. The Kier molecular flexibility index (Phi) is 5.36. The molecule has 4 aromatic rings. The van der Waals surface area contributed by atoms with Crippen molar-refractivity contribution >= 4 is 33.8 Å². The molecule has 0 radical (unpaired) electrons. The predicted octanol–water partition coefficient (Wildman–Crippen LogP) is 2.41. The summed E-state index contributed by atoms with van der Waals surface area (Å²) in [5, 5.41) is 3.09. The molecule has 2 aromatic carbocycles. The summed E-state index contributed by atoms with van der Waals surface area (Å²) < 4.78 is 15.5. The average Bonchev–Trinajstić information content (AvgIpc) is 2.79. The first-order valence-corrected chi connectivity index (χ1v) is 9.40. The van der Waals surface area contributed by atoms with Crippen molar-refractivity contribution in [3.63, 3.8) is 0 Å². The largest absolute Gasteiger partial charge is 0.467 e. The number of amides is 1. The fourth-order valence-electron chi connectivity index (χ4n) is 3.29. The molecular formula is C23H17NO7. The van der Waals surface area contributed by atoms with Crippen LogP contribution < -0.4 is 16.6 Å². The summed E-state index contributed by atoms with van der Waals surface area (Å²) in [4.78, 5) is 49.8. The minimum atomic E-state index is -1.16. The molecule has 0 saturated carbocycles. The van der Waals surface area contributed by atoms with Gasteiger partial charge in [-0.3, -0.25) is 4.79 Å². The highest BCUT2D eigenvalue weighted by Gasteiger charge is 2.25. The van der Waals surface area contributed by atoms with E-state index < -0.39 is 29.2 Å². The van der Waals surface area contributed by atoms with Crippen molar-refractivity contribution in [2.24, 2.45) is 0 Å². The standard InChI is InChI=1S/C23H17NO7/c1-29-23(28)17(24-20(25)13-7-3-2-4-8-13)12-14-11-16-19(31-21(14)26)15-9-5-6-10-18(15)30-22(16)27/h2-11,17H,12H2,1H3,(H,24,25)/t17-/m0/s1. The fourth-order valence-corrected chi connectivity index (χ4v) is 3.29. The van der Waals surface area contributed by atoms with Gasteiger partial charge in [0.25, 0.3) is 5.91 Å². The lowest BCUT2D eigenvalue weighted by molar-refractivity contribution is -0.142. The number of methoxy groups -OCH3 is 1. The molecule has 1 N–H and O–H groups in total. The van der Waals surface area contributed by atoms with E-state index >= 15 is 0 Å². The van der Waals surface area contributed by atoms with Gasteiger partial charge in [-0.15, -0.1) is 0 Å². The second-order valence-corrected chi connectivity index (χ2v) is 6.81. The Morgan fingerprint density at radius 3 is 2.39 bits per heavy atom. The molecule has 0 spiro atoms. The van der Waals surface area contributed by atoms with Crippen LogP contribution in [0.15, 0.2) is 79.1 Å². The van der Waals surface area contributed by atoms with Gasteiger partial charge in [-0.05, 0) is 30.3 Å². The zero-order chi connectivity index (χ0) is 22.0. The molecule has 0 aliphatic carbocycles. The lowest BCUT2D eigenvalue weighted by atomic mass is 10.1. The summed E-state index contributed by atoms with van der Waals surface area (Å²) in [5.74, 6) is -1.25. The SMILES string of the molecule is COC(=O)[C@H](Cc1cc2c(=O)oc3ccccc3c2oc1=O)NC(=O)c1ccccc1. The molecule has 0 aliphatic heterocycles. The Bertz CT molecular complexity index is 1400. The fraction of sp³-hybridized carbons (Fsp3) is 0.130. The average molecular weight is 419 g/mol. The van der Waals surface area contributed by atoms with E-state index in [2.05, 4.69) is 5.32 Å². The van der Waals surface area contributed by atoms with Crippen LogP contribution in [0, 0.1) is 0 Å². The maximum absolute atomic E-state index is 12.6. The van der Waals surface area contributed by atoms with Gasteiger partial charge >= 0.3 is 17.2 Å². The van der Waals surface area contributed by atoms with E-state index in [1.54, 1.807) is 54.6 Å². The number of carbonyl (C=O) groups excluding carboxylic acids is 2. The molecule has 4 rings (SSSR count). The maximum atomic E-state index is 12.6. The molecule has 1 amide bonds. The third-order valence-electron chi connectivity index (χ3n) is 4.83. The van der Waals surface area contributed by atoms with Gasteiger partial charge in [0.1, 0.15) is 17.0 Å². The Hall–Kier alpha value is -4.20. The van der Waals surface area contributed by atoms with Gasteiger partial charge < -0.3 is 18.9 Å². The first kappa shape index (κ1) is 20.1. The molecule has 8 nitrogen and oxygen atoms in total. The van der Waals surface area contributed by atoms with Crippen LogP contribution in [0.4, 0.5) is 0 Å². The van der Waals surface area contributed by atoms with Crippen LogP contribution in [0.1, 0.15) is 15.9 Å². The number of ether oxygens (including phenoxy) is 1. The third-order valence-corrected chi connectivity index (χ3v) is 4.83. The van der Waals surface area contributed by atoms with Crippen LogP contribution in [0.3, 0.4) is 0 Å². The number of hydrogen-bond acceptors (Lipinski definition) is 7. The lowest BCUT2D eigenvalue weighted by Gasteiger charge is -2.16. The van der Waals surface area contributed by atoms with Gasteiger partial charge in [-0.1, -0.05) is 30.3 Å². The van der Waals surface area contributed by atoms with Crippen molar-refractivity contribution in [2.75, 3.05) is 7.11 Å². The Labute approximate surface area is 175 Å². The molecule has 0 fully saturated rings. The van der Waals surface area contributed by atoms with Gasteiger partial charge in [0.05, 0.1) is 12.5 Å². The monoisotopic (exact) mass is 419 g/mol. The topological polar surface area (TPSA) is 116 Å². The molecule has 2 aromatic heterocycles. The van der Waals surface area contributed by atoms with Crippen LogP contribution in [0.5, 0.6) is 0 Å². The Morgan fingerprint density at radius 2 is 1.65 bits per heavy atom. The second kappa shape index (κ2) is 8.27. The highest BCUT2D eigenvalue weighted by Crippen LogP contribution is 2.22. The highest BCUT2D eigenvalue weighted by molar-refractivity contribution is 6.00. The van der Waals surface area contributed by atoms with Gasteiger partial charge in [0, 0.05) is 17.5 Å². The molecule has 8 heteroatoms. The van der Waals surface area contributed by atoms with Gasteiger partial charge in [0.2, 0.25) is 0 Å². The van der Waals surface area contributed by atoms with E-state index in [1.807, 2.05) is 0 Å². The molecule has 0 saturated heterocycles. The van der Waals surface area contributed by atoms with Crippen molar-refractivity contribution in [3.05, 3.63) is 92.6 Å². The van der Waals surface area contributed by atoms with Crippen molar-refractivity contribution in [3.8, 4) is 0 Å². The zero-order valence-electron chi connectivity index (χ0n) is 16.4. The van der Waals surface area contributed by atoms with Crippen LogP contribution in [0.2, 0.25) is 0 Å². The number of carbonyl (C=O) groups is 2. The third kappa shape index (κ3) is 3.95. The van der Waals surface area contributed by atoms with Gasteiger partial charge in [0.15, 0.2) is 5.58 Å². The quantitative estimate of drug-likeness (QED) is 0.300. The smallest absolute Gasteiger partial charge is 0.347 e. The summed E-state index contributed by atoms with van der Waals surface area (Å²) in [6.45, 7) is 0. The number of rotatable bonds is 5. The van der Waals surface area contributed by atoms with E-state index in [1.165, 1.54) is 13.2 Å². The summed E-state index contributed by atoms with van der Waals surface area (Å²) in [5.41, 5.74) is -0.650. The highest BCUT2D eigenvalue weighted by atomic mass is 16.5. The Morgan fingerprint density at radius 1 is 0.935 bits per heavy atom. The van der Waals surface area contributed by atoms with Crippen LogP contribution in [-0.2, 0) is 16.0 Å². The van der Waals surface area contributed by atoms with E-state index in [0.29, 0.717) is 16.5 Å². The molecule has 0 aliphatic rings. The normalized spacial score (nSPS) is 11.9. The molecular weight excluding hydrogens is 402 g/mol. The summed E-state index contributed by atoms with van der Waals surface area (Å²) in [7, 11) is 1.17. The first-order valence-electron chi connectivity index (χ1n) is 9.40. The molecule has 1 atom stereocenters.